The van der Waals surface area contributed by atoms with Crippen molar-refractivity contribution in [2.24, 2.45) is 0 Å². The number of anilines is 1. The molecule has 3 aromatic carbocycles. The lowest BCUT2D eigenvalue weighted by Gasteiger charge is -2.16. The van der Waals surface area contributed by atoms with Crippen LogP contribution in [0.15, 0.2) is 72.8 Å². The Hall–Kier alpha value is -4.13. The van der Waals surface area contributed by atoms with E-state index in [1.807, 2.05) is 48.5 Å². The minimum absolute atomic E-state index is 0.0277. The molecule has 0 radical (unpaired) electrons. The second-order valence-corrected chi connectivity index (χ2v) is 7.16. The first-order chi connectivity index (χ1) is 15.4. The highest BCUT2D eigenvalue weighted by Gasteiger charge is 2.25. The van der Waals surface area contributed by atoms with Crippen LogP contribution in [0.4, 0.5) is 10.5 Å². The first kappa shape index (κ1) is 22.6. The molecule has 0 aromatic heterocycles. The maximum Gasteiger partial charge on any atom is 0.414 e. The van der Waals surface area contributed by atoms with Crippen LogP contribution in [-0.4, -0.2) is 34.8 Å². The minimum atomic E-state index is -1.11. The molecule has 0 saturated carbocycles. The van der Waals surface area contributed by atoms with Gasteiger partial charge < -0.3 is 14.9 Å². The van der Waals surface area contributed by atoms with Crippen molar-refractivity contribution in [2.45, 2.75) is 20.0 Å². The van der Waals surface area contributed by atoms with Gasteiger partial charge in [0.1, 0.15) is 6.61 Å². The molecular formula is C25H23NO6. The summed E-state index contributed by atoms with van der Waals surface area (Å²) >= 11 is 0. The van der Waals surface area contributed by atoms with Crippen LogP contribution < -0.4 is 4.90 Å². The molecule has 0 spiro atoms. The van der Waals surface area contributed by atoms with Crippen LogP contribution in [0.1, 0.15) is 37.4 Å². The quantitative estimate of drug-likeness (QED) is 0.614. The van der Waals surface area contributed by atoms with Crippen molar-refractivity contribution in [3.8, 4) is 0 Å². The lowest BCUT2D eigenvalue weighted by molar-refractivity contribution is 0.0696. The van der Waals surface area contributed by atoms with E-state index >= 15 is 0 Å². The molecule has 0 fully saturated rings. The second-order valence-electron chi connectivity index (χ2n) is 7.16. The molecule has 7 nitrogen and oxygen atoms in total. The molecule has 1 heterocycles. The highest BCUT2D eigenvalue weighted by atomic mass is 16.6. The Morgan fingerprint density at radius 1 is 0.844 bits per heavy atom. The van der Waals surface area contributed by atoms with Gasteiger partial charge in [0.05, 0.1) is 16.8 Å². The monoisotopic (exact) mass is 433 g/mol. The summed E-state index contributed by atoms with van der Waals surface area (Å²) in [6.07, 6.45) is 0.630. The molecule has 1 amide bonds. The molecule has 1 aliphatic rings. The second kappa shape index (κ2) is 10.3. The molecule has 32 heavy (non-hydrogen) atoms. The predicted octanol–water partition coefficient (Wildman–Crippen LogP) is 4.78. The van der Waals surface area contributed by atoms with Crippen molar-refractivity contribution in [3.63, 3.8) is 0 Å². The van der Waals surface area contributed by atoms with Gasteiger partial charge in [0.25, 0.3) is 0 Å². The number of carbonyl (C=O) groups excluding carboxylic acids is 1. The number of benzene rings is 3. The maximum atomic E-state index is 12.1. The van der Waals surface area contributed by atoms with Crippen molar-refractivity contribution < 1.29 is 29.3 Å². The fourth-order valence-corrected chi connectivity index (χ4v) is 3.42. The molecule has 3 aromatic rings. The Morgan fingerprint density at radius 3 is 2.06 bits per heavy atom. The minimum Gasteiger partial charge on any atom is -0.478 e. The topological polar surface area (TPSA) is 104 Å². The summed E-state index contributed by atoms with van der Waals surface area (Å²) in [7, 11) is 0. The molecule has 1 aliphatic heterocycles. The Labute approximate surface area is 185 Å². The molecule has 7 heteroatoms. The molecule has 0 aliphatic carbocycles. The summed E-state index contributed by atoms with van der Waals surface area (Å²) in [5, 5.41) is 17.4. The van der Waals surface area contributed by atoms with Gasteiger partial charge in [-0.1, -0.05) is 54.6 Å². The van der Waals surface area contributed by atoms with E-state index in [2.05, 4.69) is 6.07 Å². The Bertz CT molecular complexity index is 1090. The molecule has 2 N–H and O–H groups in total. The molecule has 4 rings (SSSR count). The zero-order valence-electron chi connectivity index (χ0n) is 17.5. The van der Waals surface area contributed by atoms with Crippen molar-refractivity contribution >= 4 is 23.7 Å². The maximum absolute atomic E-state index is 12.1. The summed E-state index contributed by atoms with van der Waals surface area (Å²) in [6, 6.07) is 21.9. The summed E-state index contributed by atoms with van der Waals surface area (Å²) in [5.74, 6) is -2.22. The van der Waals surface area contributed by atoms with E-state index in [4.69, 9.17) is 14.9 Å². The van der Waals surface area contributed by atoms with Crippen molar-refractivity contribution in [2.75, 3.05) is 11.4 Å². The normalized spacial score (nSPS) is 11.7. The summed E-state index contributed by atoms with van der Waals surface area (Å²) in [4.78, 5) is 35.0. The number of carbonyl (C=O) groups is 3. The van der Waals surface area contributed by atoms with Gasteiger partial charge in [0, 0.05) is 6.54 Å². The SMILES string of the molecule is Cc1c(C(=O)O)cccc1C(=O)O.O=C(OCc1ccccc1)N1CCc2ccccc21. The highest BCUT2D eigenvalue weighted by Crippen LogP contribution is 2.28. The zero-order chi connectivity index (χ0) is 23.1. The van der Waals surface area contributed by atoms with Crippen molar-refractivity contribution in [1.82, 2.24) is 0 Å². The summed E-state index contributed by atoms with van der Waals surface area (Å²) in [6.45, 7) is 2.50. The third kappa shape index (κ3) is 5.31. The predicted molar refractivity (Wildman–Crippen MR) is 119 cm³/mol. The third-order valence-electron chi connectivity index (χ3n) is 5.11. The van der Waals surface area contributed by atoms with E-state index in [-0.39, 0.29) is 22.8 Å². The van der Waals surface area contributed by atoms with Gasteiger partial charge in [0.15, 0.2) is 0 Å². The van der Waals surface area contributed by atoms with E-state index in [1.54, 1.807) is 4.90 Å². The van der Waals surface area contributed by atoms with E-state index in [9.17, 15) is 14.4 Å². The van der Waals surface area contributed by atoms with E-state index in [0.29, 0.717) is 13.2 Å². The Kier molecular flexibility index (Phi) is 7.23. The van der Waals surface area contributed by atoms with Gasteiger partial charge in [-0.05, 0) is 48.2 Å². The Balaban J connectivity index is 0.000000195. The van der Waals surface area contributed by atoms with Crippen LogP contribution in [0, 0.1) is 6.92 Å². The summed E-state index contributed by atoms with van der Waals surface area (Å²) in [5.41, 5.74) is 3.52. The Morgan fingerprint density at radius 2 is 1.44 bits per heavy atom. The van der Waals surface area contributed by atoms with Gasteiger partial charge in [-0.3, -0.25) is 4.90 Å². The number of rotatable bonds is 4. The molecule has 0 atom stereocenters. The van der Waals surface area contributed by atoms with Crippen LogP contribution in [0.5, 0.6) is 0 Å². The fraction of sp³-hybridized carbons (Fsp3) is 0.160. The molecule has 0 unspecified atom stereocenters. The van der Waals surface area contributed by atoms with Crippen LogP contribution in [0.2, 0.25) is 0 Å². The molecule has 0 saturated heterocycles. The van der Waals surface area contributed by atoms with E-state index in [0.717, 1.165) is 17.7 Å². The number of hydrogen-bond acceptors (Lipinski definition) is 4. The molecule has 0 bridgehead atoms. The number of hydrogen-bond donors (Lipinski definition) is 2. The number of fused-ring (bicyclic) bond motifs is 1. The number of aromatic carboxylic acids is 2. The standard InChI is InChI=1S/C16H15NO2.C9H8O4/c18-16(19-12-13-6-2-1-3-7-13)17-11-10-14-8-4-5-9-15(14)17;1-5-6(8(10)11)3-2-4-7(5)9(12)13/h1-9H,10-12H2;2-4H,1H3,(H,10,11)(H,12,13). The smallest absolute Gasteiger partial charge is 0.414 e. The van der Waals surface area contributed by atoms with Crippen LogP contribution >= 0.6 is 0 Å². The number of carboxylic acid groups (broad SMARTS) is 2. The lowest BCUT2D eigenvalue weighted by atomic mass is 10.0. The average molecular weight is 433 g/mol. The lowest BCUT2D eigenvalue weighted by Crippen LogP contribution is -2.29. The van der Waals surface area contributed by atoms with Gasteiger partial charge in [0.2, 0.25) is 0 Å². The first-order valence-electron chi connectivity index (χ1n) is 10.0. The van der Waals surface area contributed by atoms with Crippen LogP contribution in [0.25, 0.3) is 0 Å². The number of carboxylic acids is 2. The van der Waals surface area contributed by atoms with Crippen molar-refractivity contribution in [3.05, 3.63) is 101 Å². The van der Waals surface area contributed by atoms with Crippen LogP contribution in [-0.2, 0) is 17.8 Å². The van der Waals surface area contributed by atoms with E-state index < -0.39 is 11.9 Å². The number of ether oxygens (including phenoxy) is 1. The number of para-hydroxylation sites is 1. The van der Waals surface area contributed by atoms with Gasteiger partial charge >= 0.3 is 18.0 Å². The molecular weight excluding hydrogens is 410 g/mol. The fourth-order valence-electron chi connectivity index (χ4n) is 3.42. The zero-order valence-corrected chi connectivity index (χ0v) is 17.5. The number of nitrogens with zero attached hydrogens (tertiary/aromatic N) is 1. The summed E-state index contributed by atoms with van der Waals surface area (Å²) < 4.78 is 5.36. The van der Waals surface area contributed by atoms with E-state index in [1.165, 1.54) is 30.7 Å². The third-order valence-corrected chi connectivity index (χ3v) is 5.11. The van der Waals surface area contributed by atoms with Crippen molar-refractivity contribution in [1.29, 1.82) is 0 Å². The number of amides is 1. The highest BCUT2D eigenvalue weighted by molar-refractivity contribution is 5.96. The largest absolute Gasteiger partial charge is 0.478 e. The first-order valence-corrected chi connectivity index (χ1v) is 10.0. The van der Waals surface area contributed by atoms with Gasteiger partial charge in [-0.15, -0.1) is 0 Å². The molecule has 164 valence electrons. The van der Waals surface area contributed by atoms with Gasteiger partial charge in [-0.25, -0.2) is 14.4 Å². The van der Waals surface area contributed by atoms with Gasteiger partial charge in [-0.2, -0.15) is 0 Å². The average Bonchev–Trinajstić information content (AvgIpc) is 3.23. The van der Waals surface area contributed by atoms with Crippen LogP contribution in [0.3, 0.4) is 0 Å².